The van der Waals surface area contributed by atoms with Crippen molar-refractivity contribution in [3.05, 3.63) is 35.5 Å². The van der Waals surface area contributed by atoms with Gasteiger partial charge in [-0.2, -0.15) is 0 Å². The summed E-state index contributed by atoms with van der Waals surface area (Å²) >= 11 is 0. The highest BCUT2D eigenvalue weighted by molar-refractivity contribution is 5.84. The molecule has 1 unspecified atom stereocenters. The molecule has 1 aliphatic rings. The lowest BCUT2D eigenvalue weighted by Crippen LogP contribution is -2.40. The van der Waals surface area contributed by atoms with Crippen LogP contribution >= 0.6 is 0 Å². The largest absolute Gasteiger partial charge is 0.379 e. The molecule has 0 bridgehead atoms. The first-order chi connectivity index (χ1) is 13.7. The minimum Gasteiger partial charge on any atom is -0.379 e. The van der Waals surface area contributed by atoms with Gasteiger partial charge in [0.15, 0.2) is 5.96 Å². The van der Waals surface area contributed by atoms with Crippen LogP contribution in [0.1, 0.15) is 25.1 Å². The number of fused-ring (bicyclic) bond motifs is 1. The molecule has 28 heavy (non-hydrogen) atoms. The maximum atomic E-state index is 5.43. The zero-order valence-electron chi connectivity index (χ0n) is 17.6. The molecule has 1 fully saturated rings. The van der Waals surface area contributed by atoms with E-state index in [4.69, 9.17) is 9.73 Å². The molecule has 2 heterocycles. The minimum absolute atomic E-state index is 0.532. The summed E-state index contributed by atoms with van der Waals surface area (Å²) in [6, 6.07) is 8.52. The van der Waals surface area contributed by atoms with Crippen LogP contribution in [0.5, 0.6) is 0 Å². The Bertz CT molecular complexity index is 763. The summed E-state index contributed by atoms with van der Waals surface area (Å²) in [5.41, 5.74) is 3.86. The van der Waals surface area contributed by atoms with E-state index in [9.17, 15) is 0 Å². The van der Waals surface area contributed by atoms with Crippen molar-refractivity contribution in [1.29, 1.82) is 0 Å². The fourth-order valence-electron chi connectivity index (χ4n) is 3.83. The molecule has 3 N–H and O–H groups in total. The Kier molecular flexibility index (Phi) is 7.74. The Morgan fingerprint density at radius 3 is 2.82 bits per heavy atom. The number of morpholine rings is 1. The molecule has 2 aromatic rings. The molecular formula is C22H35N5O. The molecule has 1 aromatic heterocycles. The van der Waals surface area contributed by atoms with Crippen LogP contribution in [0, 0.1) is 12.8 Å². The van der Waals surface area contributed by atoms with Crippen molar-refractivity contribution in [3.63, 3.8) is 0 Å². The summed E-state index contributed by atoms with van der Waals surface area (Å²) in [6.07, 6.45) is 0.976. The maximum Gasteiger partial charge on any atom is 0.191 e. The van der Waals surface area contributed by atoms with E-state index in [1.54, 1.807) is 0 Å². The van der Waals surface area contributed by atoms with Crippen LogP contribution in [0.4, 0.5) is 0 Å². The first-order valence-electron chi connectivity index (χ1n) is 10.6. The van der Waals surface area contributed by atoms with Gasteiger partial charge in [-0.05, 0) is 37.8 Å². The average molecular weight is 386 g/mol. The molecule has 0 spiro atoms. The van der Waals surface area contributed by atoms with E-state index in [0.717, 1.165) is 64.9 Å². The Morgan fingerprint density at radius 1 is 1.25 bits per heavy atom. The predicted octanol–water partition coefficient (Wildman–Crippen LogP) is 2.54. The molecule has 0 radical (unpaired) electrons. The minimum atomic E-state index is 0.532. The van der Waals surface area contributed by atoms with Gasteiger partial charge in [-0.15, -0.1) is 0 Å². The number of guanidine groups is 1. The number of nitrogens with zero attached hydrogens (tertiary/aromatic N) is 2. The number of aromatic amines is 1. The van der Waals surface area contributed by atoms with Gasteiger partial charge in [0.1, 0.15) is 0 Å². The topological polar surface area (TPSA) is 64.7 Å². The van der Waals surface area contributed by atoms with E-state index in [1.165, 1.54) is 22.2 Å². The van der Waals surface area contributed by atoms with Crippen LogP contribution in [0.2, 0.25) is 0 Å². The number of aromatic nitrogens is 1. The summed E-state index contributed by atoms with van der Waals surface area (Å²) in [6.45, 7) is 14.0. The van der Waals surface area contributed by atoms with Gasteiger partial charge in [0.25, 0.3) is 0 Å². The lowest BCUT2D eigenvalue weighted by Gasteiger charge is -2.28. The second kappa shape index (κ2) is 10.5. The third kappa shape index (κ3) is 5.72. The predicted molar refractivity (Wildman–Crippen MR) is 117 cm³/mol. The highest BCUT2D eigenvalue weighted by atomic mass is 16.5. The molecule has 154 valence electrons. The first-order valence-corrected chi connectivity index (χ1v) is 10.6. The maximum absolute atomic E-state index is 5.43. The SMILES string of the molecule is CCNC(=NCC(C)CN1CCOCC1)NCCc1c(C)[nH]c2ccccc12. The average Bonchev–Trinajstić information content (AvgIpc) is 3.02. The number of benzene rings is 1. The second-order valence-electron chi connectivity index (χ2n) is 7.69. The van der Waals surface area contributed by atoms with Gasteiger partial charge in [0.05, 0.1) is 13.2 Å². The lowest BCUT2D eigenvalue weighted by molar-refractivity contribution is 0.0323. The molecule has 0 amide bonds. The van der Waals surface area contributed by atoms with Crippen LogP contribution in [0.3, 0.4) is 0 Å². The molecule has 6 heteroatoms. The number of nitrogens with one attached hydrogen (secondary N) is 3. The number of para-hydroxylation sites is 1. The van der Waals surface area contributed by atoms with Crippen LogP contribution in [0.15, 0.2) is 29.3 Å². The lowest BCUT2D eigenvalue weighted by atomic mass is 10.1. The first kappa shape index (κ1) is 20.7. The Morgan fingerprint density at radius 2 is 2.04 bits per heavy atom. The smallest absolute Gasteiger partial charge is 0.191 e. The van der Waals surface area contributed by atoms with Crippen LogP contribution in [-0.4, -0.2) is 68.3 Å². The van der Waals surface area contributed by atoms with Crippen LogP contribution in [0.25, 0.3) is 10.9 Å². The van der Waals surface area contributed by atoms with Gasteiger partial charge >= 0.3 is 0 Å². The fraction of sp³-hybridized carbons (Fsp3) is 0.591. The number of hydrogen-bond acceptors (Lipinski definition) is 3. The van der Waals surface area contributed by atoms with E-state index in [1.807, 2.05) is 0 Å². The fourth-order valence-corrected chi connectivity index (χ4v) is 3.83. The van der Waals surface area contributed by atoms with Crippen LogP contribution in [-0.2, 0) is 11.2 Å². The number of hydrogen-bond donors (Lipinski definition) is 3. The molecule has 6 nitrogen and oxygen atoms in total. The van der Waals surface area contributed by atoms with E-state index in [0.29, 0.717) is 5.92 Å². The summed E-state index contributed by atoms with van der Waals surface area (Å²) < 4.78 is 5.43. The van der Waals surface area contributed by atoms with Crippen LogP contribution < -0.4 is 10.6 Å². The molecule has 1 saturated heterocycles. The third-order valence-corrected chi connectivity index (χ3v) is 5.27. The summed E-state index contributed by atoms with van der Waals surface area (Å²) in [5, 5.41) is 8.19. The Labute approximate surface area is 168 Å². The van der Waals surface area contributed by atoms with Gasteiger partial charge in [0.2, 0.25) is 0 Å². The van der Waals surface area contributed by atoms with Crippen molar-refractivity contribution in [3.8, 4) is 0 Å². The second-order valence-corrected chi connectivity index (χ2v) is 7.69. The van der Waals surface area contributed by atoms with Gasteiger partial charge in [-0.1, -0.05) is 25.1 Å². The van der Waals surface area contributed by atoms with Crippen molar-refractivity contribution < 1.29 is 4.74 Å². The molecule has 0 aliphatic carbocycles. The van der Waals surface area contributed by atoms with Gasteiger partial charge in [-0.3, -0.25) is 9.89 Å². The van der Waals surface area contributed by atoms with Crippen molar-refractivity contribution in [1.82, 2.24) is 20.5 Å². The van der Waals surface area contributed by atoms with Crippen molar-refractivity contribution in [2.75, 3.05) is 52.5 Å². The van der Waals surface area contributed by atoms with E-state index < -0.39 is 0 Å². The summed E-state index contributed by atoms with van der Waals surface area (Å²) in [7, 11) is 0. The highest BCUT2D eigenvalue weighted by Gasteiger charge is 2.13. The molecular weight excluding hydrogens is 350 g/mol. The number of rotatable bonds is 8. The van der Waals surface area contributed by atoms with Gasteiger partial charge < -0.3 is 20.4 Å². The normalized spacial score (nSPS) is 17.0. The zero-order chi connectivity index (χ0) is 19.8. The van der Waals surface area contributed by atoms with E-state index in [2.05, 4.69) is 65.6 Å². The molecule has 0 saturated carbocycles. The van der Waals surface area contributed by atoms with Gasteiger partial charge in [0, 0.05) is 55.9 Å². The number of aliphatic imine (C=N–C) groups is 1. The van der Waals surface area contributed by atoms with E-state index >= 15 is 0 Å². The van der Waals surface area contributed by atoms with E-state index in [-0.39, 0.29) is 0 Å². The standard InChI is InChI=1S/C22H35N5O/c1-4-23-22(25-15-17(2)16-27-11-13-28-14-12-27)24-10-9-19-18(3)26-21-8-6-5-7-20(19)21/h5-8,17,26H,4,9-16H2,1-3H3,(H2,23,24,25). The van der Waals surface area contributed by atoms with Crippen molar-refractivity contribution in [2.24, 2.45) is 10.9 Å². The quantitative estimate of drug-likeness (QED) is 0.483. The number of H-pyrrole nitrogens is 1. The Balaban J connectivity index is 1.50. The molecule has 3 rings (SSSR count). The zero-order valence-corrected chi connectivity index (χ0v) is 17.6. The number of aryl methyl sites for hydroxylation is 1. The Hall–Kier alpha value is -2.05. The molecule has 1 aromatic carbocycles. The van der Waals surface area contributed by atoms with Gasteiger partial charge in [-0.25, -0.2) is 0 Å². The molecule has 1 atom stereocenters. The number of ether oxygens (including phenoxy) is 1. The van der Waals surface area contributed by atoms with Crippen molar-refractivity contribution >= 4 is 16.9 Å². The summed E-state index contributed by atoms with van der Waals surface area (Å²) in [4.78, 5) is 10.8. The summed E-state index contributed by atoms with van der Waals surface area (Å²) in [5.74, 6) is 1.44. The van der Waals surface area contributed by atoms with Crippen molar-refractivity contribution in [2.45, 2.75) is 27.2 Å². The third-order valence-electron chi connectivity index (χ3n) is 5.27. The highest BCUT2D eigenvalue weighted by Crippen LogP contribution is 2.21. The molecule has 1 aliphatic heterocycles. The monoisotopic (exact) mass is 385 g/mol.